The summed E-state index contributed by atoms with van der Waals surface area (Å²) in [6.45, 7) is 24.4. The molecule has 2 N–H and O–H groups in total. The van der Waals surface area contributed by atoms with E-state index >= 15 is 0 Å². The molecule has 3 nitrogen and oxygen atoms in total. The lowest BCUT2D eigenvalue weighted by Crippen LogP contribution is -2.48. The molecule has 5 heteroatoms. The predicted octanol–water partition coefficient (Wildman–Crippen LogP) is 5.82. The van der Waals surface area contributed by atoms with Crippen molar-refractivity contribution >= 4 is 24.8 Å². The number of aromatic hydroxyl groups is 1. The monoisotopic (exact) mass is 432 g/mol. The highest BCUT2D eigenvalue weighted by molar-refractivity contribution is 5.85. The van der Waals surface area contributed by atoms with Crippen LogP contribution in [0, 0.1) is 5.41 Å². The van der Waals surface area contributed by atoms with E-state index in [0.29, 0.717) is 11.8 Å². The van der Waals surface area contributed by atoms with Crippen LogP contribution in [0.4, 0.5) is 0 Å². The number of piperazine rings is 1. The van der Waals surface area contributed by atoms with Gasteiger partial charge in [0, 0.05) is 32.2 Å². The number of nitrogens with zero attached hydrogens (tertiary/aromatic N) is 1. The number of phenolic OH excluding ortho intramolecular Hbond substituents is 1. The Morgan fingerprint density at radius 1 is 0.821 bits per heavy atom. The van der Waals surface area contributed by atoms with Crippen LogP contribution in [-0.4, -0.2) is 36.2 Å². The molecule has 1 atom stereocenters. The van der Waals surface area contributed by atoms with Gasteiger partial charge in [0.1, 0.15) is 5.75 Å². The van der Waals surface area contributed by atoms with E-state index in [4.69, 9.17) is 0 Å². The van der Waals surface area contributed by atoms with Crippen molar-refractivity contribution in [2.75, 3.05) is 26.2 Å². The molecular weight excluding hydrogens is 391 g/mol. The van der Waals surface area contributed by atoms with Crippen LogP contribution in [0.5, 0.6) is 5.75 Å². The molecule has 0 aromatic heterocycles. The third-order valence-electron chi connectivity index (χ3n) is 5.40. The normalized spacial score (nSPS) is 17.5. The topological polar surface area (TPSA) is 35.5 Å². The molecule has 1 aliphatic rings. The Kier molecular flexibility index (Phi) is 9.39. The molecule has 0 aliphatic carbocycles. The molecule has 1 aromatic carbocycles. The third-order valence-corrected chi connectivity index (χ3v) is 5.40. The van der Waals surface area contributed by atoms with Gasteiger partial charge >= 0.3 is 0 Å². The molecule has 2 rings (SSSR count). The highest BCUT2D eigenvalue weighted by atomic mass is 35.5. The molecule has 1 fully saturated rings. The summed E-state index contributed by atoms with van der Waals surface area (Å²) in [7, 11) is 0. The molecule has 1 saturated heterocycles. The smallest absolute Gasteiger partial charge is 0.123 e. The molecular formula is C23H42Cl2N2O. The highest BCUT2D eigenvalue weighted by Gasteiger charge is 2.35. The second kappa shape index (κ2) is 9.55. The van der Waals surface area contributed by atoms with Gasteiger partial charge in [0.2, 0.25) is 0 Å². The van der Waals surface area contributed by atoms with Crippen molar-refractivity contribution in [2.45, 2.75) is 79.2 Å². The van der Waals surface area contributed by atoms with E-state index in [1.807, 2.05) is 0 Å². The van der Waals surface area contributed by atoms with Gasteiger partial charge in [-0.2, -0.15) is 0 Å². The van der Waals surface area contributed by atoms with Crippen molar-refractivity contribution in [2.24, 2.45) is 5.41 Å². The van der Waals surface area contributed by atoms with Crippen molar-refractivity contribution in [3.8, 4) is 5.75 Å². The summed E-state index contributed by atoms with van der Waals surface area (Å²) in [4.78, 5) is 2.61. The van der Waals surface area contributed by atoms with Gasteiger partial charge in [-0.1, -0.05) is 62.3 Å². The molecule has 0 saturated carbocycles. The predicted molar refractivity (Wildman–Crippen MR) is 127 cm³/mol. The maximum Gasteiger partial charge on any atom is 0.123 e. The van der Waals surface area contributed by atoms with Crippen LogP contribution in [0.2, 0.25) is 0 Å². The first-order chi connectivity index (χ1) is 11.7. The molecule has 0 spiro atoms. The summed E-state index contributed by atoms with van der Waals surface area (Å²) in [5.74, 6) is 0.474. The Hall–Kier alpha value is -0.480. The Morgan fingerprint density at radius 3 is 1.54 bits per heavy atom. The Morgan fingerprint density at radius 2 is 1.21 bits per heavy atom. The average Bonchev–Trinajstić information content (AvgIpc) is 2.46. The van der Waals surface area contributed by atoms with Crippen LogP contribution in [0.15, 0.2) is 12.1 Å². The maximum absolute atomic E-state index is 11.1. The lowest BCUT2D eigenvalue weighted by Gasteiger charge is -2.43. The van der Waals surface area contributed by atoms with Gasteiger partial charge in [-0.3, -0.25) is 4.90 Å². The molecule has 1 heterocycles. The number of rotatable bonds is 2. The van der Waals surface area contributed by atoms with Crippen LogP contribution in [0.3, 0.4) is 0 Å². The zero-order chi connectivity index (χ0) is 19.9. The molecule has 0 unspecified atom stereocenters. The summed E-state index contributed by atoms with van der Waals surface area (Å²) >= 11 is 0. The Bertz CT molecular complexity index is 598. The van der Waals surface area contributed by atoms with Gasteiger partial charge in [-0.05, 0) is 45.1 Å². The lowest BCUT2D eigenvalue weighted by molar-refractivity contribution is 0.0859. The molecule has 0 bridgehead atoms. The summed E-state index contributed by atoms with van der Waals surface area (Å²) in [6, 6.07) is 4.87. The molecule has 164 valence electrons. The van der Waals surface area contributed by atoms with E-state index in [-0.39, 0.29) is 41.1 Å². The minimum atomic E-state index is -0.0913. The number of benzene rings is 1. The first-order valence-corrected chi connectivity index (χ1v) is 10.1. The minimum Gasteiger partial charge on any atom is -0.507 e. The number of phenols is 1. The Labute approximate surface area is 185 Å². The quantitative estimate of drug-likeness (QED) is 0.617. The summed E-state index contributed by atoms with van der Waals surface area (Å²) in [5.41, 5.74) is 3.40. The van der Waals surface area contributed by atoms with Crippen LogP contribution in [-0.2, 0) is 10.8 Å². The van der Waals surface area contributed by atoms with Crippen molar-refractivity contribution in [1.29, 1.82) is 0 Å². The molecule has 28 heavy (non-hydrogen) atoms. The van der Waals surface area contributed by atoms with Gasteiger partial charge in [0.25, 0.3) is 0 Å². The Balaban J connectivity index is 0.00000364. The number of nitrogens with one attached hydrogen (secondary N) is 1. The third kappa shape index (κ3) is 6.26. The standard InChI is InChI=1S/C23H40N2O.2ClH/c1-21(2,3)17-14-16(15-18(19(17)26)22(4,5)6)20(23(7,8)9)25-12-10-24-11-13-25;;/h14-15,20,24,26H,10-13H2,1-9H3;2*1H/t20-;;/m1../s1. The molecule has 0 radical (unpaired) electrons. The first kappa shape index (κ1) is 27.5. The van der Waals surface area contributed by atoms with E-state index in [1.54, 1.807) is 0 Å². The number of hydrogen-bond donors (Lipinski definition) is 2. The van der Waals surface area contributed by atoms with E-state index in [9.17, 15) is 5.11 Å². The number of hydrogen-bond acceptors (Lipinski definition) is 3. The second-order valence-corrected chi connectivity index (χ2v) is 11.0. The zero-order valence-corrected chi connectivity index (χ0v) is 20.9. The minimum absolute atomic E-state index is 0. The van der Waals surface area contributed by atoms with Gasteiger partial charge < -0.3 is 10.4 Å². The van der Waals surface area contributed by atoms with Gasteiger partial charge in [-0.15, -0.1) is 24.8 Å². The van der Waals surface area contributed by atoms with Gasteiger partial charge in [-0.25, -0.2) is 0 Å². The molecule has 1 aliphatic heterocycles. The zero-order valence-electron chi connectivity index (χ0n) is 19.3. The van der Waals surface area contributed by atoms with E-state index in [0.717, 1.165) is 37.3 Å². The SMILES string of the molecule is CC(C)(C)c1cc([C@@H](N2CCNCC2)C(C)(C)C)cc(C(C)(C)C)c1O.Cl.Cl. The highest BCUT2D eigenvalue weighted by Crippen LogP contribution is 2.45. The van der Waals surface area contributed by atoms with Gasteiger partial charge in [0.05, 0.1) is 0 Å². The lowest BCUT2D eigenvalue weighted by atomic mass is 9.74. The van der Waals surface area contributed by atoms with Crippen molar-refractivity contribution in [1.82, 2.24) is 10.2 Å². The number of halogens is 2. The summed E-state index contributed by atoms with van der Waals surface area (Å²) in [5, 5.41) is 14.5. The first-order valence-electron chi connectivity index (χ1n) is 10.1. The molecule has 0 amide bonds. The van der Waals surface area contributed by atoms with Crippen LogP contribution >= 0.6 is 24.8 Å². The van der Waals surface area contributed by atoms with Crippen molar-refractivity contribution in [3.05, 3.63) is 28.8 Å². The van der Waals surface area contributed by atoms with Crippen molar-refractivity contribution < 1.29 is 5.11 Å². The van der Waals surface area contributed by atoms with Crippen LogP contribution in [0.25, 0.3) is 0 Å². The summed E-state index contributed by atoms with van der Waals surface area (Å²) < 4.78 is 0. The fourth-order valence-corrected chi connectivity index (χ4v) is 4.16. The van der Waals surface area contributed by atoms with Gasteiger partial charge in [0.15, 0.2) is 0 Å². The van der Waals surface area contributed by atoms with E-state index in [2.05, 4.69) is 84.7 Å². The van der Waals surface area contributed by atoms with E-state index in [1.165, 1.54) is 5.56 Å². The van der Waals surface area contributed by atoms with Crippen molar-refractivity contribution in [3.63, 3.8) is 0 Å². The second-order valence-electron chi connectivity index (χ2n) is 11.0. The fraction of sp³-hybridized carbons (Fsp3) is 0.739. The van der Waals surface area contributed by atoms with Crippen LogP contribution < -0.4 is 5.32 Å². The average molecular weight is 434 g/mol. The van der Waals surface area contributed by atoms with Crippen LogP contribution in [0.1, 0.15) is 85.0 Å². The largest absolute Gasteiger partial charge is 0.507 e. The van der Waals surface area contributed by atoms with E-state index < -0.39 is 0 Å². The summed E-state index contributed by atoms with van der Waals surface area (Å²) in [6.07, 6.45) is 0. The fourth-order valence-electron chi connectivity index (χ4n) is 4.16. The molecule has 1 aromatic rings. The maximum atomic E-state index is 11.1.